The van der Waals surface area contributed by atoms with Crippen LogP contribution in [0.4, 0.5) is 4.39 Å². The molecule has 0 bridgehead atoms. The molecule has 29 heavy (non-hydrogen) atoms. The van der Waals surface area contributed by atoms with E-state index in [0.717, 1.165) is 0 Å². The number of Topliss-reactive ketones (excluding diaryl/α,β-unsaturated/α-hetero) is 1. The number of aliphatic hydroxyl groups excluding tert-OH is 1. The third kappa shape index (κ3) is 4.14. The van der Waals surface area contributed by atoms with Crippen molar-refractivity contribution in [2.75, 3.05) is 34.3 Å². The number of likely N-dealkylation sites (N-methyl/N-ethyl adjacent to an activating group) is 1. The topological polar surface area (TPSA) is 70.1 Å². The molecule has 3 rings (SSSR count). The molecule has 152 valence electrons. The molecule has 1 aliphatic rings. The molecule has 0 aliphatic carbocycles. The van der Waals surface area contributed by atoms with E-state index in [4.69, 9.17) is 4.74 Å². The molecule has 1 amide bonds. The van der Waals surface area contributed by atoms with Gasteiger partial charge < -0.3 is 19.6 Å². The van der Waals surface area contributed by atoms with E-state index in [1.165, 1.54) is 36.3 Å². The van der Waals surface area contributed by atoms with Crippen molar-refractivity contribution in [1.82, 2.24) is 9.80 Å². The standard InChI is InChI=1S/C22H23FN2O4/c1-24(2)11-12-25-19(14-7-9-16(23)10-8-14)18(21(27)22(25)28)20(26)15-5-4-6-17(13-15)29-3/h4-10,13,19,26H,11-12H2,1-3H3/b20-18-. The van der Waals surface area contributed by atoms with Crippen LogP contribution < -0.4 is 4.74 Å². The van der Waals surface area contributed by atoms with E-state index in [2.05, 4.69) is 0 Å². The minimum Gasteiger partial charge on any atom is -0.507 e. The normalized spacial score (nSPS) is 18.5. The zero-order chi connectivity index (χ0) is 21.1. The number of halogens is 1. The Morgan fingerprint density at radius 2 is 1.86 bits per heavy atom. The monoisotopic (exact) mass is 398 g/mol. The average Bonchev–Trinajstić information content (AvgIpc) is 2.97. The molecule has 1 heterocycles. The van der Waals surface area contributed by atoms with E-state index >= 15 is 0 Å². The fourth-order valence-electron chi connectivity index (χ4n) is 3.34. The number of likely N-dealkylation sites (tertiary alicyclic amines) is 1. The zero-order valence-corrected chi connectivity index (χ0v) is 16.6. The molecule has 1 unspecified atom stereocenters. The lowest BCUT2D eigenvalue weighted by molar-refractivity contribution is -0.140. The molecular formula is C22H23FN2O4. The largest absolute Gasteiger partial charge is 0.507 e. The van der Waals surface area contributed by atoms with Gasteiger partial charge in [-0.25, -0.2) is 4.39 Å². The SMILES string of the molecule is COc1cccc(/C(O)=C2/C(=O)C(=O)N(CCN(C)C)C2c2ccc(F)cc2)c1. The first-order valence-corrected chi connectivity index (χ1v) is 9.16. The maximum atomic E-state index is 13.5. The highest BCUT2D eigenvalue weighted by Crippen LogP contribution is 2.39. The Kier molecular flexibility index (Phi) is 5.98. The number of rotatable bonds is 6. The summed E-state index contributed by atoms with van der Waals surface area (Å²) in [5.41, 5.74) is 0.893. The van der Waals surface area contributed by atoms with Gasteiger partial charge in [0.05, 0.1) is 18.7 Å². The van der Waals surface area contributed by atoms with E-state index < -0.39 is 23.5 Å². The van der Waals surface area contributed by atoms with Gasteiger partial charge >= 0.3 is 0 Å². The van der Waals surface area contributed by atoms with Crippen molar-refractivity contribution >= 4 is 17.4 Å². The fourth-order valence-corrected chi connectivity index (χ4v) is 3.34. The Bertz CT molecular complexity index is 954. The number of amides is 1. The Morgan fingerprint density at radius 3 is 2.48 bits per heavy atom. The van der Waals surface area contributed by atoms with E-state index in [0.29, 0.717) is 23.4 Å². The van der Waals surface area contributed by atoms with Gasteiger partial charge in [-0.15, -0.1) is 0 Å². The first-order chi connectivity index (χ1) is 13.8. The van der Waals surface area contributed by atoms with Crippen LogP contribution in [0.2, 0.25) is 0 Å². The van der Waals surface area contributed by atoms with Crippen LogP contribution >= 0.6 is 0 Å². The van der Waals surface area contributed by atoms with Gasteiger partial charge in [0, 0.05) is 18.7 Å². The molecule has 2 aromatic rings. The van der Waals surface area contributed by atoms with Crippen LogP contribution in [0.15, 0.2) is 54.1 Å². The summed E-state index contributed by atoms with van der Waals surface area (Å²) in [5.74, 6) is -1.66. The molecule has 7 heteroatoms. The van der Waals surface area contributed by atoms with Crippen LogP contribution in [-0.2, 0) is 9.59 Å². The number of carbonyl (C=O) groups is 2. The summed E-state index contributed by atoms with van der Waals surface area (Å²) in [4.78, 5) is 28.9. The van der Waals surface area contributed by atoms with E-state index in [9.17, 15) is 19.1 Å². The third-order valence-electron chi connectivity index (χ3n) is 4.86. The van der Waals surface area contributed by atoms with Crippen LogP contribution in [0.25, 0.3) is 5.76 Å². The second-order valence-electron chi connectivity index (χ2n) is 7.08. The number of ketones is 1. The van der Waals surface area contributed by atoms with Crippen LogP contribution in [0, 0.1) is 5.82 Å². The van der Waals surface area contributed by atoms with Gasteiger partial charge in [-0.1, -0.05) is 24.3 Å². The third-order valence-corrected chi connectivity index (χ3v) is 4.86. The summed E-state index contributed by atoms with van der Waals surface area (Å²) in [6.07, 6.45) is 0. The molecular weight excluding hydrogens is 375 g/mol. The highest BCUT2D eigenvalue weighted by atomic mass is 19.1. The number of methoxy groups -OCH3 is 1. The van der Waals surface area contributed by atoms with Crippen molar-refractivity contribution in [3.63, 3.8) is 0 Å². The van der Waals surface area contributed by atoms with Crippen LogP contribution in [-0.4, -0.2) is 60.9 Å². The van der Waals surface area contributed by atoms with Crippen molar-refractivity contribution in [2.24, 2.45) is 0 Å². The first kappa shape index (κ1) is 20.5. The number of ether oxygens (including phenoxy) is 1. The maximum Gasteiger partial charge on any atom is 0.295 e. The van der Waals surface area contributed by atoms with Gasteiger partial charge in [0.2, 0.25) is 0 Å². The summed E-state index contributed by atoms with van der Waals surface area (Å²) >= 11 is 0. The molecule has 0 aromatic heterocycles. The Morgan fingerprint density at radius 1 is 1.17 bits per heavy atom. The first-order valence-electron chi connectivity index (χ1n) is 9.16. The minimum absolute atomic E-state index is 0.0198. The Hall–Kier alpha value is -3.19. The molecule has 0 radical (unpaired) electrons. The average molecular weight is 398 g/mol. The number of benzene rings is 2. The molecule has 1 atom stereocenters. The predicted molar refractivity (Wildman–Crippen MR) is 107 cm³/mol. The molecule has 1 N–H and O–H groups in total. The number of hydrogen-bond acceptors (Lipinski definition) is 5. The minimum atomic E-state index is -0.804. The lowest BCUT2D eigenvalue weighted by Gasteiger charge is -2.26. The van der Waals surface area contributed by atoms with E-state index in [1.54, 1.807) is 24.3 Å². The summed E-state index contributed by atoms with van der Waals surface area (Å²) < 4.78 is 18.6. The number of nitrogens with zero attached hydrogens (tertiary/aromatic N) is 2. The molecule has 1 aliphatic heterocycles. The second kappa shape index (κ2) is 8.45. The van der Waals surface area contributed by atoms with Crippen molar-refractivity contribution < 1.29 is 23.8 Å². The van der Waals surface area contributed by atoms with Crippen molar-refractivity contribution in [1.29, 1.82) is 0 Å². The smallest absolute Gasteiger partial charge is 0.295 e. The summed E-state index contributed by atoms with van der Waals surface area (Å²) in [7, 11) is 5.22. The number of carbonyl (C=O) groups excluding carboxylic acids is 2. The van der Waals surface area contributed by atoms with Gasteiger partial charge in [-0.2, -0.15) is 0 Å². The molecule has 2 aromatic carbocycles. The Labute approximate surface area is 168 Å². The lowest BCUT2D eigenvalue weighted by Crippen LogP contribution is -2.35. The van der Waals surface area contributed by atoms with Crippen LogP contribution in [0.3, 0.4) is 0 Å². The van der Waals surface area contributed by atoms with E-state index in [1.807, 2.05) is 19.0 Å². The second-order valence-corrected chi connectivity index (χ2v) is 7.08. The molecule has 6 nitrogen and oxygen atoms in total. The predicted octanol–water partition coefficient (Wildman–Crippen LogP) is 2.82. The quantitative estimate of drug-likeness (QED) is 0.460. The molecule has 1 saturated heterocycles. The van der Waals surface area contributed by atoms with E-state index in [-0.39, 0.29) is 17.9 Å². The van der Waals surface area contributed by atoms with Crippen LogP contribution in [0.1, 0.15) is 17.2 Å². The lowest BCUT2D eigenvalue weighted by atomic mass is 9.95. The summed E-state index contributed by atoms with van der Waals surface area (Å²) in [6.45, 7) is 0.818. The molecule has 0 spiro atoms. The van der Waals surface area contributed by atoms with Crippen molar-refractivity contribution in [3.05, 3.63) is 71.0 Å². The van der Waals surface area contributed by atoms with Gasteiger partial charge in [-0.05, 0) is 43.9 Å². The highest BCUT2D eigenvalue weighted by molar-refractivity contribution is 6.46. The fraction of sp³-hybridized carbons (Fsp3) is 0.273. The molecule has 1 fully saturated rings. The molecule has 0 saturated carbocycles. The highest BCUT2D eigenvalue weighted by Gasteiger charge is 2.45. The zero-order valence-electron chi connectivity index (χ0n) is 16.6. The summed E-state index contributed by atoms with van der Waals surface area (Å²) in [6, 6.07) is 11.4. The van der Waals surface area contributed by atoms with Crippen molar-refractivity contribution in [2.45, 2.75) is 6.04 Å². The van der Waals surface area contributed by atoms with Gasteiger partial charge in [0.15, 0.2) is 0 Å². The summed E-state index contributed by atoms with van der Waals surface area (Å²) in [5, 5.41) is 10.9. The maximum absolute atomic E-state index is 13.5. The number of hydrogen-bond donors (Lipinski definition) is 1. The van der Waals surface area contributed by atoms with Crippen LogP contribution in [0.5, 0.6) is 5.75 Å². The number of aliphatic hydroxyl groups is 1. The Balaban J connectivity index is 2.14. The van der Waals surface area contributed by atoms with Gasteiger partial charge in [0.1, 0.15) is 17.3 Å². The van der Waals surface area contributed by atoms with Crippen molar-refractivity contribution in [3.8, 4) is 5.75 Å². The van der Waals surface area contributed by atoms with Gasteiger partial charge in [0.25, 0.3) is 11.7 Å². The van der Waals surface area contributed by atoms with Gasteiger partial charge in [-0.3, -0.25) is 9.59 Å².